The first-order valence-corrected chi connectivity index (χ1v) is 3.84. The Balaban J connectivity index is 2.56. The van der Waals surface area contributed by atoms with Gasteiger partial charge in [0, 0.05) is 6.42 Å². The Kier molecular flexibility index (Phi) is 2.30. The molecular formula is C8H15NO. The molecule has 0 saturated heterocycles. The normalized spacial score (nSPS) is 33.3. The second-order valence-electron chi connectivity index (χ2n) is 2.98. The standard InChI is InChI=1S/C8H15NO/c1-6-4-5-8(10-3)9-7(6)2/h6-7H,4-5H2,1-3H3. The fourth-order valence-electron chi connectivity index (χ4n) is 1.17. The molecule has 58 valence electrons. The summed E-state index contributed by atoms with van der Waals surface area (Å²) in [5.74, 6) is 1.64. The molecule has 0 spiro atoms. The van der Waals surface area contributed by atoms with Gasteiger partial charge in [-0.25, -0.2) is 0 Å². The van der Waals surface area contributed by atoms with Crippen LogP contribution in [0.5, 0.6) is 0 Å². The van der Waals surface area contributed by atoms with Gasteiger partial charge in [-0.2, -0.15) is 0 Å². The third kappa shape index (κ3) is 1.49. The summed E-state index contributed by atoms with van der Waals surface area (Å²) in [4.78, 5) is 4.38. The van der Waals surface area contributed by atoms with E-state index in [1.807, 2.05) is 0 Å². The van der Waals surface area contributed by atoms with Gasteiger partial charge in [-0.05, 0) is 19.3 Å². The molecule has 0 aromatic heterocycles. The Hall–Kier alpha value is -0.530. The van der Waals surface area contributed by atoms with E-state index in [0.717, 1.165) is 18.2 Å². The number of methoxy groups -OCH3 is 1. The van der Waals surface area contributed by atoms with Gasteiger partial charge >= 0.3 is 0 Å². The van der Waals surface area contributed by atoms with Crippen molar-refractivity contribution in [2.75, 3.05) is 7.11 Å². The molecule has 1 aliphatic rings. The van der Waals surface area contributed by atoms with Crippen LogP contribution in [0.1, 0.15) is 26.7 Å². The van der Waals surface area contributed by atoms with Crippen LogP contribution in [0.15, 0.2) is 4.99 Å². The molecule has 0 amide bonds. The maximum Gasteiger partial charge on any atom is 0.183 e. The van der Waals surface area contributed by atoms with Crippen molar-refractivity contribution in [1.82, 2.24) is 0 Å². The largest absolute Gasteiger partial charge is 0.484 e. The highest BCUT2D eigenvalue weighted by molar-refractivity contribution is 5.76. The zero-order chi connectivity index (χ0) is 7.56. The van der Waals surface area contributed by atoms with Crippen molar-refractivity contribution in [3.8, 4) is 0 Å². The van der Waals surface area contributed by atoms with E-state index >= 15 is 0 Å². The molecule has 0 fully saturated rings. The molecule has 1 aliphatic heterocycles. The monoisotopic (exact) mass is 141 g/mol. The molecule has 2 unspecified atom stereocenters. The van der Waals surface area contributed by atoms with Gasteiger partial charge in [0.05, 0.1) is 13.2 Å². The Labute approximate surface area is 62.3 Å². The van der Waals surface area contributed by atoms with Gasteiger partial charge in [0.25, 0.3) is 0 Å². The van der Waals surface area contributed by atoms with Crippen LogP contribution in [0.4, 0.5) is 0 Å². The smallest absolute Gasteiger partial charge is 0.183 e. The summed E-state index contributed by atoms with van der Waals surface area (Å²) < 4.78 is 5.06. The number of nitrogens with zero attached hydrogens (tertiary/aromatic N) is 1. The molecular weight excluding hydrogens is 126 g/mol. The van der Waals surface area contributed by atoms with Gasteiger partial charge in [-0.1, -0.05) is 6.92 Å². The quantitative estimate of drug-likeness (QED) is 0.504. The van der Waals surface area contributed by atoms with E-state index in [1.54, 1.807) is 7.11 Å². The molecule has 0 saturated carbocycles. The topological polar surface area (TPSA) is 21.6 Å². The number of ether oxygens (including phenoxy) is 1. The van der Waals surface area contributed by atoms with Gasteiger partial charge in [-0.15, -0.1) is 0 Å². The second kappa shape index (κ2) is 3.04. The van der Waals surface area contributed by atoms with E-state index in [0.29, 0.717) is 6.04 Å². The van der Waals surface area contributed by atoms with Crippen molar-refractivity contribution >= 4 is 5.90 Å². The average molecular weight is 141 g/mol. The van der Waals surface area contributed by atoms with E-state index in [-0.39, 0.29) is 0 Å². The minimum absolute atomic E-state index is 0.448. The third-order valence-corrected chi connectivity index (χ3v) is 2.22. The number of hydrogen-bond acceptors (Lipinski definition) is 2. The lowest BCUT2D eigenvalue weighted by Gasteiger charge is -2.22. The summed E-state index contributed by atoms with van der Waals surface area (Å²) in [7, 11) is 1.70. The summed E-state index contributed by atoms with van der Waals surface area (Å²) >= 11 is 0. The molecule has 0 aromatic rings. The van der Waals surface area contributed by atoms with Gasteiger partial charge in [0.1, 0.15) is 0 Å². The Morgan fingerprint density at radius 3 is 2.70 bits per heavy atom. The van der Waals surface area contributed by atoms with E-state index in [9.17, 15) is 0 Å². The van der Waals surface area contributed by atoms with E-state index in [1.165, 1.54) is 6.42 Å². The number of rotatable bonds is 0. The lowest BCUT2D eigenvalue weighted by molar-refractivity contribution is 0.341. The minimum Gasteiger partial charge on any atom is -0.484 e. The van der Waals surface area contributed by atoms with Crippen molar-refractivity contribution in [3.63, 3.8) is 0 Å². The zero-order valence-electron chi connectivity index (χ0n) is 6.92. The maximum absolute atomic E-state index is 5.06. The van der Waals surface area contributed by atoms with Crippen LogP contribution in [0.25, 0.3) is 0 Å². The van der Waals surface area contributed by atoms with Crippen LogP contribution < -0.4 is 0 Å². The lowest BCUT2D eigenvalue weighted by atomic mass is 9.96. The van der Waals surface area contributed by atoms with Gasteiger partial charge in [0.2, 0.25) is 0 Å². The van der Waals surface area contributed by atoms with Crippen LogP contribution in [0.2, 0.25) is 0 Å². The second-order valence-corrected chi connectivity index (χ2v) is 2.98. The van der Waals surface area contributed by atoms with E-state index in [4.69, 9.17) is 4.74 Å². The van der Waals surface area contributed by atoms with Gasteiger partial charge in [-0.3, -0.25) is 4.99 Å². The first-order chi connectivity index (χ1) is 4.74. The van der Waals surface area contributed by atoms with E-state index < -0.39 is 0 Å². The minimum atomic E-state index is 0.448. The molecule has 0 radical (unpaired) electrons. The molecule has 0 N–H and O–H groups in total. The van der Waals surface area contributed by atoms with Crippen molar-refractivity contribution in [2.24, 2.45) is 10.9 Å². The van der Waals surface area contributed by atoms with Crippen molar-refractivity contribution in [2.45, 2.75) is 32.7 Å². The van der Waals surface area contributed by atoms with Crippen LogP contribution in [0.3, 0.4) is 0 Å². The fraction of sp³-hybridized carbons (Fsp3) is 0.875. The van der Waals surface area contributed by atoms with E-state index in [2.05, 4.69) is 18.8 Å². The highest BCUT2D eigenvalue weighted by Gasteiger charge is 2.18. The number of hydrogen-bond donors (Lipinski definition) is 0. The zero-order valence-corrected chi connectivity index (χ0v) is 6.92. The van der Waals surface area contributed by atoms with Crippen LogP contribution in [-0.2, 0) is 4.74 Å². The van der Waals surface area contributed by atoms with Crippen molar-refractivity contribution in [1.29, 1.82) is 0 Å². The molecule has 1 heterocycles. The lowest BCUT2D eigenvalue weighted by Crippen LogP contribution is -2.21. The molecule has 0 bridgehead atoms. The Morgan fingerprint density at radius 2 is 2.20 bits per heavy atom. The SMILES string of the molecule is COC1=NC(C)C(C)CC1. The summed E-state index contributed by atoms with van der Waals surface area (Å²) in [6.07, 6.45) is 2.23. The third-order valence-electron chi connectivity index (χ3n) is 2.22. The molecule has 0 aromatic carbocycles. The molecule has 2 nitrogen and oxygen atoms in total. The molecule has 2 heteroatoms. The highest BCUT2D eigenvalue weighted by Crippen LogP contribution is 2.19. The first-order valence-electron chi connectivity index (χ1n) is 3.84. The first kappa shape index (κ1) is 7.58. The Bertz CT molecular complexity index is 142. The predicted molar refractivity (Wildman–Crippen MR) is 42.3 cm³/mol. The van der Waals surface area contributed by atoms with Crippen LogP contribution in [-0.4, -0.2) is 19.0 Å². The molecule has 10 heavy (non-hydrogen) atoms. The van der Waals surface area contributed by atoms with Crippen molar-refractivity contribution in [3.05, 3.63) is 0 Å². The summed E-state index contributed by atoms with van der Waals surface area (Å²) in [5, 5.41) is 0. The maximum atomic E-state index is 5.06. The molecule has 2 atom stereocenters. The summed E-state index contributed by atoms with van der Waals surface area (Å²) in [6, 6.07) is 0.448. The average Bonchev–Trinajstić information content (AvgIpc) is 1.95. The fourth-order valence-corrected chi connectivity index (χ4v) is 1.17. The van der Waals surface area contributed by atoms with Crippen LogP contribution >= 0.6 is 0 Å². The van der Waals surface area contributed by atoms with Gasteiger partial charge in [0.15, 0.2) is 5.90 Å². The summed E-state index contributed by atoms with van der Waals surface area (Å²) in [6.45, 7) is 4.38. The Morgan fingerprint density at radius 1 is 1.50 bits per heavy atom. The van der Waals surface area contributed by atoms with Crippen molar-refractivity contribution < 1.29 is 4.74 Å². The predicted octanol–water partition coefficient (Wildman–Crippen LogP) is 1.85. The summed E-state index contributed by atoms with van der Waals surface area (Å²) in [5.41, 5.74) is 0. The number of aliphatic imine (C=N–C) groups is 1. The van der Waals surface area contributed by atoms with Crippen LogP contribution in [0, 0.1) is 5.92 Å². The van der Waals surface area contributed by atoms with Gasteiger partial charge < -0.3 is 4.74 Å². The molecule has 1 rings (SSSR count). The molecule has 0 aliphatic carbocycles. The highest BCUT2D eigenvalue weighted by atomic mass is 16.5.